The molecule has 0 bridgehead atoms. The Bertz CT molecular complexity index is 339. The van der Waals surface area contributed by atoms with Crippen molar-refractivity contribution in [3.8, 4) is 0 Å². The van der Waals surface area contributed by atoms with Gasteiger partial charge in [-0.05, 0) is 37.1 Å². The second-order valence-corrected chi connectivity index (χ2v) is 3.61. The van der Waals surface area contributed by atoms with Gasteiger partial charge in [-0.15, -0.1) is 0 Å². The van der Waals surface area contributed by atoms with Crippen molar-refractivity contribution in [2.24, 2.45) is 0 Å². The quantitative estimate of drug-likeness (QED) is 0.724. The van der Waals surface area contributed by atoms with Gasteiger partial charge in [0.05, 0.1) is 0 Å². The molecule has 0 aliphatic heterocycles. The average molecular weight is 173 g/mol. The van der Waals surface area contributed by atoms with E-state index in [0.717, 1.165) is 0 Å². The van der Waals surface area contributed by atoms with E-state index in [0.29, 0.717) is 6.04 Å². The molecule has 13 heavy (non-hydrogen) atoms. The van der Waals surface area contributed by atoms with Gasteiger partial charge in [0.15, 0.2) is 0 Å². The summed E-state index contributed by atoms with van der Waals surface area (Å²) < 4.78 is 0. The second-order valence-electron chi connectivity index (χ2n) is 3.61. The maximum atomic E-state index is 3.24. The number of benzene rings is 1. The second kappa shape index (κ2) is 3.35. The number of likely N-dealkylation sites (N-methyl/N-ethyl adjacent to an activating group) is 1. The third kappa shape index (κ3) is 1.52. The fourth-order valence-corrected chi connectivity index (χ4v) is 1.76. The fraction of sp³-hybridized carbons (Fsp3) is 0.333. The van der Waals surface area contributed by atoms with Gasteiger partial charge < -0.3 is 5.32 Å². The first kappa shape index (κ1) is 8.52. The third-order valence-electron chi connectivity index (χ3n) is 2.70. The van der Waals surface area contributed by atoms with Crippen molar-refractivity contribution in [2.75, 3.05) is 7.05 Å². The molecule has 1 nitrogen and oxygen atoms in total. The van der Waals surface area contributed by atoms with E-state index in [4.69, 9.17) is 0 Å². The van der Waals surface area contributed by atoms with Gasteiger partial charge in [-0.3, -0.25) is 0 Å². The minimum absolute atomic E-state index is 0.592. The molecule has 0 spiro atoms. The Morgan fingerprint density at radius 2 is 2.00 bits per heavy atom. The van der Waals surface area contributed by atoms with Crippen LogP contribution < -0.4 is 5.32 Å². The lowest BCUT2D eigenvalue weighted by molar-refractivity contribution is 0.647. The Morgan fingerprint density at radius 1 is 1.31 bits per heavy atom. The summed E-state index contributed by atoms with van der Waals surface area (Å²) in [4.78, 5) is 0. The van der Waals surface area contributed by atoms with Crippen molar-refractivity contribution >= 4 is 5.57 Å². The van der Waals surface area contributed by atoms with E-state index in [1.807, 2.05) is 7.05 Å². The predicted octanol–water partition coefficient (Wildman–Crippen LogP) is 2.37. The molecule has 0 aromatic heterocycles. The first-order chi connectivity index (χ1) is 6.31. The molecule has 0 amide bonds. The molecule has 0 heterocycles. The number of rotatable bonds is 2. The molecule has 1 atom stereocenters. The number of aryl methyl sites for hydroxylation is 1. The zero-order valence-electron chi connectivity index (χ0n) is 8.17. The summed E-state index contributed by atoms with van der Waals surface area (Å²) in [6.45, 7) is 2.17. The van der Waals surface area contributed by atoms with Crippen LogP contribution in [0.5, 0.6) is 0 Å². The molecule has 1 aliphatic rings. The van der Waals surface area contributed by atoms with Gasteiger partial charge in [0, 0.05) is 6.04 Å². The van der Waals surface area contributed by atoms with Gasteiger partial charge in [-0.1, -0.05) is 30.3 Å². The van der Waals surface area contributed by atoms with E-state index in [-0.39, 0.29) is 0 Å². The van der Waals surface area contributed by atoms with E-state index < -0.39 is 0 Å². The van der Waals surface area contributed by atoms with Crippen LogP contribution in [0.25, 0.3) is 5.57 Å². The molecule has 1 aliphatic carbocycles. The smallest absolute Gasteiger partial charge is 0.0293 e. The molecule has 0 saturated heterocycles. The van der Waals surface area contributed by atoms with E-state index in [9.17, 15) is 0 Å². The van der Waals surface area contributed by atoms with Crippen LogP contribution in [-0.4, -0.2) is 13.1 Å². The molecule has 0 saturated carbocycles. The zero-order valence-corrected chi connectivity index (χ0v) is 8.17. The van der Waals surface area contributed by atoms with Gasteiger partial charge in [0.2, 0.25) is 0 Å². The first-order valence-corrected chi connectivity index (χ1v) is 4.75. The van der Waals surface area contributed by atoms with Crippen LogP contribution in [-0.2, 0) is 0 Å². The molecule has 1 aromatic carbocycles. The highest BCUT2D eigenvalue weighted by molar-refractivity contribution is 5.73. The Hall–Kier alpha value is -1.08. The summed E-state index contributed by atoms with van der Waals surface area (Å²) in [5.41, 5.74) is 4.27. The van der Waals surface area contributed by atoms with Gasteiger partial charge in [0.25, 0.3) is 0 Å². The molecule has 1 heteroatoms. The van der Waals surface area contributed by atoms with Gasteiger partial charge in [-0.2, -0.15) is 0 Å². The number of nitrogens with one attached hydrogen (secondary N) is 1. The predicted molar refractivity (Wildman–Crippen MR) is 56.6 cm³/mol. The standard InChI is InChI=1S/C12H15N/c1-9-5-3-4-6-12(9)10-7-11(8-10)13-2/h3-7,11,13H,8H2,1-2H3. The normalized spacial score (nSPS) is 20.8. The average Bonchev–Trinajstić information content (AvgIpc) is 2.06. The fourth-order valence-electron chi connectivity index (χ4n) is 1.76. The molecule has 1 unspecified atom stereocenters. The largest absolute Gasteiger partial charge is 0.313 e. The highest BCUT2D eigenvalue weighted by Gasteiger charge is 2.18. The Labute approximate surface area is 79.5 Å². The lowest BCUT2D eigenvalue weighted by Gasteiger charge is -2.26. The lowest BCUT2D eigenvalue weighted by Crippen LogP contribution is -2.29. The number of hydrogen-bond donors (Lipinski definition) is 1. The van der Waals surface area contributed by atoms with Crippen molar-refractivity contribution in [3.05, 3.63) is 41.5 Å². The van der Waals surface area contributed by atoms with Crippen molar-refractivity contribution in [1.29, 1.82) is 0 Å². The van der Waals surface area contributed by atoms with Crippen molar-refractivity contribution < 1.29 is 0 Å². The summed E-state index contributed by atoms with van der Waals surface area (Å²) in [6.07, 6.45) is 3.48. The number of hydrogen-bond acceptors (Lipinski definition) is 1. The van der Waals surface area contributed by atoms with E-state index in [1.54, 1.807) is 0 Å². The summed E-state index contributed by atoms with van der Waals surface area (Å²) in [7, 11) is 2.01. The van der Waals surface area contributed by atoms with E-state index in [1.165, 1.54) is 23.1 Å². The van der Waals surface area contributed by atoms with Crippen LogP contribution in [0.2, 0.25) is 0 Å². The molecule has 68 valence electrons. The van der Waals surface area contributed by atoms with Crippen LogP contribution in [0.4, 0.5) is 0 Å². The molecule has 0 fully saturated rings. The third-order valence-corrected chi connectivity index (χ3v) is 2.70. The lowest BCUT2D eigenvalue weighted by atomic mass is 9.86. The van der Waals surface area contributed by atoms with Crippen LogP contribution in [0.1, 0.15) is 17.5 Å². The van der Waals surface area contributed by atoms with Crippen LogP contribution in [0.3, 0.4) is 0 Å². The van der Waals surface area contributed by atoms with E-state index >= 15 is 0 Å². The maximum Gasteiger partial charge on any atom is 0.0293 e. The van der Waals surface area contributed by atoms with E-state index in [2.05, 4.69) is 42.6 Å². The van der Waals surface area contributed by atoms with Crippen LogP contribution in [0.15, 0.2) is 30.3 Å². The minimum Gasteiger partial charge on any atom is -0.313 e. The Kier molecular flexibility index (Phi) is 2.19. The Morgan fingerprint density at radius 3 is 2.62 bits per heavy atom. The zero-order chi connectivity index (χ0) is 9.26. The monoisotopic (exact) mass is 173 g/mol. The summed E-state index contributed by atoms with van der Waals surface area (Å²) in [5, 5.41) is 3.24. The van der Waals surface area contributed by atoms with Gasteiger partial charge in [-0.25, -0.2) is 0 Å². The molecular formula is C12H15N. The maximum absolute atomic E-state index is 3.24. The first-order valence-electron chi connectivity index (χ1n) is 4.75. The topological polar surface area (TPSA) is 12.0 Å². The van der Waals surface area contributed by atoms with Crippen molar-refractivity contribution in [2.45, 2.75) is 19.4 Å². The van der Waals surface area contributed by atoms with Crippen molar-refractivity contribution in [3.63, 3.8) is 0 Å². The molecule has 1 aromatic rings. The summed E-state index contributed by atoms with van der Waals surface area (Å²) in [5.74, 6) is 0. The van der Waals surface area contributed by atoms with Gasteiger partial charge >= 0.3 is 0 Å². The van der Waals surface area contributed by atoms with Gasteiger partial charge in [0.1, 0.15) is 0 Å². The summed E-state index contributed by atoms with van der Waals surface area (Å²) in [6, 6.07) is 9.16. The molecule has 1 N–H and O–H groups in total. The minimum atomic E-state index is 0.592. The highest BCUT2D eigenvalue weighted by Crippen LogP contribution is 2.30. The summed E-state index contributed by atoms with van der Waals surface area (Å²) >= 11 is 0. The van der Waals surface area contributed by atoms with Crippen LogP contribution in [0, 0.1) is 6.92 Å². The highest BCUT2D eigenvalue weighted by atomic mass is 14.9. The molecule has 2 rings (SSSR count). The molecular weight excluding hydrogens is 158 g/mol. The molecule has 0 radical (unpaired) electrons. The Balaban J connectivity index is 2.24. The SMILES string of the molecule is CNC1C=C(c2ccccc2C)C1. The van der Waals surface area contributed by atoms with Crippen LogP contribution >= 0.6 is 0 Å². The van der Waals surface area contributed by atoms with Crippen molar-refractivity contribution in [1.82, 2.24) is 5.32 Å².